The fourth-order valence-electron chi connectivity index (χ4n) is 3.11. The Kier molecular flexibility index (Phi) is 4.98. The average Bonchev–Trinajstić information content (AvgIpc) is 3.08. The maximum atomic E-state index is 11.9. The number of aromatic nitrogens is 3. The Balaban J connectivity index is 1.78. The van der Waals surface area contributed by atoms with Crippen molar-refractivity contribution >= 4 is 17.3 Å². The second-order valence-electron chi connectivity index (χ2n) is 6.04. The number of nitrogens with zero attached hydrogens (tertiary/aromatic N) is 4. The molecule has 128 valence electrons. The van der Waals surface area contributed by atoms with Gasteiger partial charge in [0.15, 0.2) is 0 Å². The van der Waals surface area contributed by atoms with Crippen LogP contribution < -0.4 is 16.0 Å². The summed E-state index contributed by atoms with van der Waals surface area (Å²) in [6.45, 7) is 5.39. The lowest BCUT2D eigenvalue weighted by Gasteiger charge is -2.29. The number of carbonyl (C=O) groups is 1. The number of hydrogen-bond acceptors (Lipinski definition) is 5. The van der Waals surface area contributed by atoms with E-state index in [2.05, 4.69) is 26.6 Å². The number of anilines is 2. The zero-order valence-corrected chi connectivity index (χ0v) is 14.0. The fourth-order valence-corrected chi connectivity index (χ4v) is 3.11. The highest BCUT2D eigenvalue weighted by molar-refractivity contribution is 5.99. The van der Waals surface area contributed by atoms with Crippen LogP contribution in [0.25, 0.3) is 0 Å². The van der Waals surface area contributed by atoms with Gasteiger partial charge in [0.05, 0.1) is 24.0 Å². The van der Waals surface area contributed by atoms with Crippen molar-refractivity contribution in [1.29, 1.82) is 0 Å². The summed E-state index contributed by atoms with van der Waals surface area (Å²) < 4.78 is 1.82. The lowest BCUT2D eigenvalue weighted by molar-refractivity contribution is 0.100. The summed E-state index contributed by atoms with van der Waals surface area (Å²) in [6, 6.07) is 5.88. The zero-order valence-electron chi connectivity index (χ0n) is 14.0. The van der Waals surface area contributed by atoms with Crippen molar-refractivity contribution in [2.45, 2.75) is 39.3 Å². The topological polar surface area (TPSA) is 89.1 Å². The number of hydrogen-bond donors (Lipinski definition) is 2. The van der Waals surface area contributed by atoms with Crippen molar-refractivity contribution < 1.29 is 4.79 Å². The Hall–Kier alpha value is -2.57. The molecule has 1 aliphatic rings. The molecule has 0 spiro atoms. The normalized spacial score (nSPS) is 14.6. The molecule has 1 aliphatic heterocycles. The quantitative estimate of drug-likeness (QED) is 0.846. The van der Waals surface area contributed by atoms with Crippen molar-refractivity contribution in [2.24, 2.45) is 5.73 Å². The molecule has 1 aromatic carbocycles. The van der Waals surface area contributed by atoms with Crippen LogP contribution in [0.2, 0.25) is 0 Å². The van der Waals surface area contributed by atoms with Gasteiger partial charge in [-0.2, -0.15) is 0 Å². The molecule has 1 saturated heterocycles. The fraction of sp³-hybridized carbons (Fsp3) is 0.471. The van der Waals surface area contributed by atoms with Crippen molar-refractivity contribution in [2.75, 3.05) is 23.3 Å². The van der Waals surface area contributed by atoms with Crippen LogP contribution >= 0.6 is 0 Å². The van der Waals surface area contributed by atoms with E-state index in [0.717, 1.165) is 36.7 Å². The predicted molar refractivity (Wildman–Crippen MR) is 94.0 cm³/mol. The van der Waals surface area contributed by atoms with Crippen molar-refractivity contribution in [3.8, 4) is 0 Å². The predicted octanol–water partition coefficient (Wildman–Crippen LogP) is 2.00. The van der Waals surface area contributed by atoms with Crippen LogP contribution in [0.1, 0.15) is 42.2 Å². The number of primary amides is 1. The van der Waals surface area contributed by atoms with E-state index in [0.29, 0.717) is 12.1 Å². The lowest BCUT2D eigenvalue weighted by atomic mass is 10.1. The van der Waals surface area contributed by atoms with Crippen LogP contribution in [0.15, 0.2) is 24.4 Å². The highest BCUT2D eigenvalue weighted by atomic mass is 16.1. The minimum Gasteiger partial charge on any atom is -0.379 e. The van der Waals surface area contributed by atoms with E-state index >= 15 is 0 Å². The van der Waals surface area contributed by atoms with E-state index in [1.165, 1.54) is 19.3 Å². The van der Waals surface area contributed by atoms with Crippen molar-refractivity contribution in [3.05, 3.63) is 35.7 Å². The van der Waals surface area contributed by atoms with Gasteiger partial charge in [-0.1, -0.05) is 5.21 Å². The van der Waals surface area contributed by atoms with Gasteiger partial charge in [0.2, 0.25) is 0 Å². The molecule has 0 aliphatic carbocycles. The summed E-state index contributed by atoms with van der Waals surface area (Å²) in [5, 5.41) is 11.2. The minimum absolute atomic E-state index is 0.418. The highest BCUT2D eigenvalue weighted by Gasteiger charge is 2.15. The molecule has 1 fully saturated rings. The molecule has 0 unspecified atom stereocenters. The first-order valence-corrected chi connectivity index (χ1v) is 8.49. The first kappa shape index (κ1) is 16.3. The summed E-state index contributed by atoms with van der Waals surface area (Å²) in [7, 11) is 0. The van der Waals surface area contributed by atoms with Crippen molar-refractivity contribution in [3.63, 3.8) is 0 Å². The summed E-state index contributed by atoms with van der Waals surface area (Å²) >= 11 is 0. The number of amides is 1. The van der Waals surface area contributed by atoms with Crippen LogP contribution in [0.4, 0.5) is 11.4 Å². The van der Waals surface area contributed by atoms with Gasteiger partial charge in [-0.15, -0.1) is 5.10 Å². The summed E-state index contributed by atoms with van der Waals surface area (Å²) in [4.78, 5) is 14.2. The van der Waals surface area contributed by atoms with Gasteiger partial charge in [0.25, 0.3) is 5.91 Å². The zero-order chi connectivity index (χ0) is 16.9. The largest absolute Gasteiger partial charge is 0.379 e. The van der Waals surface area contributed by atoms with Crippen LogP contribution in [-0.4, -0.2) is 34.0 Å². The number of nitrogens with two attached hydrogens (primary N) is 1. The first-order valence-electron chi connectivity index (χ1n) is 8.49. The summed E-state index contributed by atoms with van der Waals surface area (Å²) in [5.41, 5.74) is 8.89. The van der Waals surface area contributed by atoms with Crippen LogP contribution in [-0.2, 0) is 13.1 Å². The third kappa shape index (κ3) is 3.50. The van der Waals surface area contributed by atoms with E-state index in [-0.39, 0.29) is 0 Å². The second kappa shape index (κ2) is 7.33. The van der Waals surface area contributed by atoms with E-state index < -0.39 is 5.91 Å². The molecular weight excluding hydrogens is 304 g/mol. The Morgan fingerprint density at radius 3 is 2.79 bits per heavy atom. The monoisotopic (exact) mass is 328 g/mol. The number of nitrogens with one attached hydrogen (secondary N) is 1. The van der Waals surface area contributed by atoms with Gasteiger partial charge >= 0.3 is 0 Å². The van der Waals surface area contributed by atoms with Gasteiger partial charge in [0, 0.05) is 31.0 Å². The van der Waals surface area contributed by atoms with Gasteiger partial charge < -0.3 is 16.0 Å². The molecular formula is C17H24N6O. The maximum Gasteiger partial charge on any atom is 0.250 e. The van der Waals surface area contributed by atoms with Crippen LogP contribution in [0, 0.1) is 0 Å². The van der Waals surface area contributed by atoms with Crippen molar-refractivity contribution in [1.82, 2.24) is 15.0 Å². The molecule has 3 rings (SSSR count). The maximum absolute atomic E-state index is 11.9. The van der Waals surface area contributed by atoms with Gasteiger partial charge in [-0.3, -0.25) is 4.79 Å². The Morgan fingerprint density at radius 2 is 2.08 bits per heavy atom. The lowest BCUT2D eigenvalue weighted by Crippen LogP contribution is -2.29. The molecule has 7 nitrogen and oxygen atoms in total. The number of benzene rings is 1. The van der Waals surface area contributed by atoms with Gasteiger partial charge in [0.1, 0.15) is 0 Å². The number of aryl methyl sites for hydroxylation is 1. The van der Waals surface area contributed by atoms with E-state index in [1.807, 2.05) is 23.7 Å². The average molecular weight is 328 g/mol. The number of rotatable bonds is 6. The minimum atomic E-state index is -0.418. The number of piperidine rings is 1. The Morgan fingerprint density at radius 1 is 1.29 bits per heavy atom. The molecule has 0 atom stereocenters. The second-order valence-corrected chi connectivity index (χ2v) is 6.04. The van der Waals surface area contributed by atoms with E-state index in [1.54, 1.807) is 6.20 Å². The molecule has 0 bridgehead atoms. The van der Waals surface area contributed by atoms with Gasteiger partial charge in [-0.05, 0) is 44.4 Å². The van der Waals surface area contributed by atoms with E-state index in [9.17, 15) is 4.79 Å². The molecule has 0 radical (unpaired) electrons. The molecule has 1 aromatic heterocycles. The van der Waals surface area contributed by atoms with E-state index in [4.69, 9.17) is 5.73 Å². The molecule has 24 heavy (non-hydrogen) atoms. The smallest absolute Gasteiger partial charge is 0.250 e. The third-order valence-corrected chi connectivity index (χ3v) is 4.45. The third-order valence-electron chi connectivity index (χ3n) is 4.45. The van der Waals surface area contributed by atoms with Gasteiger partial charge in [-0.25, -0.2) is 4.68 Å². The Bertz CT molecular complexity index is 705. The summed E-state index contributed by atoms with van der Waals surface area (Å²) in [5.74, 6) is -0.418. The highest BCUT2D eigenvalue weighted by Crippen LogP contribution is 2.26. The molecule has 2 aromatic rings. The SMILES string of the molecule is CCn1nncc1CNc1ccc(N2CCCCC2)cc1C(N)=O. The van der Waals surface area contributed by atoms with Crippen LogP contribution in [0.5, 0.6) is 0 Å². The molecule has 1 amide bonds. The first-order chi connectivity index (χ1) is 11.7. The standard InChI is InChI=1S/C17H24N6O/c1-2-23-14(12-20-21-23)11-19-16-7-6-13(10-15(16)17(18)24)22-8-4-3-5-9-22/h6-7,10,12,19H,2-5,8-9,11H2,1H3,(H2,18,24). The molecule has 7 heteroatoms. The summed E-state index contributed by atoms with van der Waals surface area (Å²) in [6.07, 6.45) is 5.39. The molecule has 3 N–H and O–H groups in total. The van der Waals surface area contributed by atoms with Crippen LogP contribution in [0.3, 0.4) is 0 Å². The number of carbonyl (C=O) groups excluding carboxylic acids is 1. The molecule has 2 heterocycles. The molecule has 0 saturated carbocycles. The Labute approximate surface area is 141 Å².